The first-order valence-electron chi connectivity index (χ1n) is 7.45. The minimum Gasteiger partial charge on any atom is -0.480 e. The van der Waals surface area contributed by atoms with Crippen LogP contribution in [0.4, 0.5) is 0 Å². The number of rotatable bonds is 5. The highest BCUT2D eigenvalue weighted by Crippen LogP contribution is 2.26. The molecule has 0 saturated carbocycles. The van der Waals surface area contributed by atoms with Crippen LogP contribution in [0.1, 0.15) is 59.9 Å². The third-order valence-corrected chi connectivity index (χ3v) is 4.00. The van der Waals surface area contributed by atoms with Gasteiger partial charge in [-0.2, -0.15) is 0 Å². The second kappa shape index (κ2) is 5.91. The van der Waals surface area contributed by atoms with E-state index in [1.54, 1.807) is 18.2 Å². The number of Topliss-reactive ketones (excluding diaryl/α,β-unsaturated/α-hetero) is 1. The third-order valence-electron chi connectivity index (χ3n) is 4.00. The molecule has 5 nitrogen and oxygen atoms in total. The zero-order valence-electron chi connectivity index (χ0n) is 13.1. The third kappa shape index (κ3) is 3.03. The summed E-state index contributed by atoms with van der Waals surface area (Å²) in [5, 5.41) is 12.1. The molecule has 0 bridgehead atoms. The Balaban J connectivity index is 2.29. The standard InChI is InChI=1S/C17H21NO4/c1-10(2)9-17(3,16(21)22)18-15(20)13-6-4-5-12-11(13)7-8-14(12)19/h4-6,10H,7-9H2,1-3H3,(H,18,20)(H,21,22)/t17-/m0/s1. The molecule has 1 aromatic carbocycles. The molecular formula is C17H21NO4. The molecule has 2 N–H and O–H groups in total. The van der Waals surface area contributed by atoms with E-state index >= 15 is 0 Å². The highest BCUT2D eigenvalue weighted by Gasteiger charge is 2.36. The van der Waals surface area contributed by atoms with Crippen molar-refractivity contribution >= 4 is 17.7 Å². The van der Waals surface area contributed by atoms with Crippen molar-refractivity contribution in [3.63, 3.8) is 0 Å². The Bertz CT molecular complexity index is 636. The average molecular weight is 303 g/mol. The van der Waals surface area contributed by atoms with Crippen LogP contribution < -0.4 is 5.32 Å². The second-order valence-electron chi connectivity index (χ2n) is 6.44. The molecule has 118 valence electrons. The fraction of sp³-hybridized carbons (Fsp3) is 0.471. The van der Waals surface area contributed by atoms with Crippen molar-refractivity contribution in [2.24, 2.45) is 5.92 Å². The number of aliphatic carboxylic acids is 1. The number of carboxylic acid groups (broad SMARTS) is 1. The van der Waals surface area contributed by atoms with Gasteiger partial charge in [0.25, 0.3) is 5.91 Å². The lowest BCUT2D eigenvalue weighted by Gasteiger charge is -2.28. The van der Waals surface area contributed by atoms with Crippen molar-refractivity contribution in [3.8, 4) is 0 Å². The summed E-state index contributed by atoms with van der Waals surface area (Å²) in [6, 6.07) is 5.02. The SMILES string of the molecule is CC(C)C[C@](C)(NC(=O)c1cccc2c1CCC2=O)C(=O)O. The number of nitrogens with one attached hydrogen (secondary N) is 1. The molecule has 1 aliphatic carbocycles. The van der Waals surface area contributed by atoms with Crippen LogP contribution in [0.2, 0.25) is 0 Å². The first kappa shape index (κ1) is 16.2. The highest BCUT2D eigenvalue weighted by molar-refractivity contribution is 6.06. The Labute approximate surface area is 129 Å². The summed E-state index contributed by atoms with van der Waals surface area (Å²) < 4.78 is 0. The van der Waals surface area contributed by atoms with Crippen molar-refractivity contribution < 1.29 is 19.5 Å². The van der Waals surface area contributed by atoms with Gasteiger partial charge in [0.1, 0.15) is 5.54 Å². The monoisotopic (exact) mass is 303 g/mol. The Morgan fingerprint density at radius 3 is 2.59 bits per heavy atom. The van der Waals surface area contributed by atoms with Gasteiger partial charge in [0.05, 0.1) is 0 Å². The van der Waals surface area contributed by atoms with Crippen molar-refractivity contribution in [2.75, 3.05) is 0 Å². The van der Waals surface area contributed by atoms with Crippen molar-refractivity contribution in [2.45, 2.75) is 45.6 Å². The summed E-state index contributed by atoms with van der Waals surface area (Å²) in [5.74, 6) is -1.33. The summed E-state index contributed by atoms with van der Waals surface area (Å²) in [6.07, 6.45) is 1.27. The lowest BCUT2D eigenvalue weighted by atomic mass is 9.90. The smallest absolute Gasteiger partial charge is 0.329 e. The van der Waals surface area contributed by atoms with Crippen LogP contribution in [0.3, 0.4) is 0 Å². The van der Waals surface area contributed by atoms with E-state index in [4.69, 9.17) is 0 Å². The lowest BCUT2D eigenvalue weighted by Crippen LogP contribution is -2.53. The van der Waals surface area contributed by atoms with Gasteiger partial charge >= 0.3 is 5.97 Å². The molecule has 1 aliphatic rings. The van der Waals surface area contributed by atoms with Gasteiger partial charge in [-0.3, -0.25) is 9.59 Å². The number of amides is 1. The number of fused-ring (bicyclic) bond motifs is 1. The van der Waals surface area contributed by atoms with Crippen LogP contribution >= 0.6 is 0 Å². The number of carbonyl (C=O) groups excluding carboxylic acids is 2. The summed E-state index contributed by atoms with van der Waals surface area (Å²) in [5.41, 5.74) is 0.381. The molecule has 1 amide bonds. The predicted molar refractivity (Wildman–Crippen MR) is 82.1 cm³/mol. The van der Waals surface area contributed by atoms with Crippen LogP contribution in [0.15, 0.2) is 18.2 Å². The Hall–Kier alpha value is -2.17. The van der Waals surface area contributed by atoms with Crippen LogP contribution in [-0.2, 0) is 11.2 Å². The molecule has 0 spiro atoms. The molecule has 0 radical (unpaired) electrons. The summed E-state index contributed by atoms with van der Waals surface area (Å²) in [7, 11) is 0. The zero-order valence-corrected chi connectivity index (χ0v) is 13.1. The average Bonchev–Trinajstić information content (AvgIpc) is 2.79. The predicted octanol–water partition coefficient (Wildman–Crippen LogP) is 2.43. The first-order valence-corrected chi connectivity index (χ1v) is 7.45. The largest absolute Gasteiger partial charge is 0.480 e. The summed E-state index contributed by atoms with van der Waals surface area (Å²) in [4.78, 5) is 35.8. The van der Waals surface area contributed by atoms with Crippen LogP contribution in [0.25, 0.3) is 0 Å². The maximum Gasteiger partial charge on any atom is 0.329 e. The van der Waals surface area contributed by atoms with Gasteiger partial charge < -0.3 is 10.4 Å². The molecular weight excluding hydrogens is 282 g/mol. The summed E-state index contributed by atoms with van der Waals surface area (Å²) in [6.45, 7) is 5.33. The first-order chi connectivity index (χ1) is 10.2. The number of benzene rings is 1. The normalized spacial score (nSPS) is 16.3. The van der Waals surface area contributed by atoms with Crippen molar-refractivity contribution in [3.05, 3.63) is 34.9 Å². The van der Waals surface area contributed by atoms with E-state index in [1.165, 1.54) is 6.92 Å². The maximum absolute atomic E-state index is 12.5. The molecule has 1 aromatic rings. The number of hydrogen-bond donors (Lipinski definition) is 2. The van der Waals surface area contributed by atoms with Crippen molar-refractivity contribution in [1.82, 2.24) is 5.32 Å². The van der Waals surface area contributed by atoms with E-state index in [0.29, 0.717) is 30.4 Å². The fourth-order valence-corrected chi connectivity index (χ4v) is 3.03. The van der Waals surface area contributed by atoms with E-state index in [2.05, 4.69) is 5.32 Å². The highest BCUT2D eigenvalue weighted by atomic mass is 16.4. The van der Waals surface area contributed by atoms with Crippen molar-refractivity contribution in [1.29, 1.82) is 0 Å². The van der Waals surface area contributed by atoms with Crippen LogP contribution in [0.5, 0.6) is 0 Å². The summed E-state index contributed by atoms with van der Waals surface area (Å²) >= 11 is 0. The quantitative estimate of drug-likeness (QED) is 0.875. The number of hydrogen-bond acceptors (Lipinski definition) is 3. The maximum atomic E-state index is 12.5. The molecule has 2 rings (SSSR count). The molecule has 5 heteroatoms. The lowest BCUT2D eigenvalue weighted by molar-refractivity contribution is -0.144. The minimum atomic E-state index is -1.32. The molecule has 0 fully saturated rings. The van der Waals surface area contributed by atoms with Gasteiger partial charge in [-0.05, 0) is 37.3 Å². The fourth-order valence-electron chi connectivity index (χ4n) is 3.03. The van der Waals surface area contributed by atoms with E-state index in [-0.39, 0.29) is 11.7 Å². The van der Waals surface area contributed by atoms with E-state index in [9.17, 15) is 19.5 Å². The molecule has 0 aromatic heterocycles. The van der Waals surface area contributed by atoms with Gasteiger partial charge in [-0.15, -0.1) is 0 Å². The van der Waals surface area contributed by atoms with Crippen LogP contribution in [-0.4, -0.2) is 28.3 Å². The van der Waals surface area contributed by atoms with Gasteiger partial charge in [0.15, 0.2) is 5.78 Å². The topological polar surface area (TPSA) is 83.5 Å². The second-order valence-corrected chi connectivity index (χ2v) is 6.44. The molecule has 22 heavy (non-hydrogen) atoms. The molecule has 0 saturated heterocycles. The Morgan fingerprint density at radius 2 is 2.00 bits per heavy atom. The minimum absolute atomic E-state index is 0.0350. The molecule has 0 heterocycles. The van der Waals surface area contributed by atoms with E-state index < -0.39 is 17.4 Å². The Morgan fingerprint density at radius 1 is 1.32 bits per heavy atom. The van der Waals surface area contributed by atoms with Gasteiger partial charge in [-0.25, -0.2) is 4.79 Å². The van der Waals surface area contributed by atoms with Crippen LogP contribution in [0, 0.1) is 5.92 Å². The Kier molecular flexibility index (Phi) is 4.35. The van der Waals surface area contributed by atoms with Gasteiger partial charge in [0, 0.05) is 17.5 Å². The zero-order chi connectivity index (χ0) is 16.5. The number of carbonyl (C=O) groups is 3. The van der Waals surface area contributed by atoms with Gasteiger partial charge in [-0.1, -0.05) is 26.0 Å². The van der Waals surface area contributed by atoms with E-state index in [1.807, 2.05) is 13.8 Å². The molecule has 1 atom stereocenters. The molecule has 0 unspecified atom stereocenters. The van der Waals surface area contributed by atoms with E-state index in [0.717, 1.165) is 5.56 Å². The number of ketones is 1. The number of carboxylic acids is 1. The molecule has 0 aliphatic heterocycles. The van der Waals surface area contributed by atoms with Gasteiger partial charge in [0.2, 0.25) is 0 Å².